The number of hydrogen-bond donors (Lipinski definition) is 1. The van der Waals surface area contributed by atoms with Crippen molar-refractivity contribution in [1.82, 2.24) is 5.32 Å². The maximum atomic E-state index is 13.1. The summed E-state index contributed by atoms with van der Waals surface area (Å²) in [5.74, 6) is -3.83. The molecule has 16 heavy (non-hydrogen) atoms. The Morgan fingerprint density at radius 3 is 2.38 bits per heavy atom. The molecular weight excluding hydrogens is 264 g/mol. The number of hydrogen-bond acceptors (Lipinski definition) is 3. The van der Waals surface area contributed by atoms with Crippen LogP contribution in [0.1, 0.15) is 10.4 Å². The number of nitrogens with one attached hydrogen (secondary N) is 1. The van der Waals surface area contributed by atoms with E-state index in [-0.39, 0.29) is 0 Å². The second kappa shape index (κ2) is 4.34. The van der Waals surface area contributed by atoms with Crippen molar-refractivity contribution in [2.45, 2.75) is 4.90 Å². The fourth-order valence-corrected chi connectivity index (χ4v) is 1.77. The van der Waals surface area contributed by atoms with Gasteiger partial charge < -0.3 is 5.32 Å². The van der Waals surface area contributed by atoms with Crippen molar-refractivity contribution in [3.8, 4) is 0 Å². The predicted octanol–water partition coefficient (Wildman–Crippen LogP) is 1.25. The van der Waals surface area contributed by atoms with Gasteiger partial charge in [0.25, 0.3) is 15.0 Å². The fraction of sp³-hybridized carbons (Fsp3) is 0.125. The molecule has 0 bridgehead atoms. The van der Waals surface area contributed by atoms with Crippen LogP contribution in [0.4, 0.5) is 8.78 Å². The Bertz CT molecular complexity index is 544. The van der Waals surface area contributed by atoms with E-state index >= 15 is 0 Å². The maximum absolute atomic E-state index is 13.1. The Balaban J connectivity index is 3.51. The topological polar surface area (TPSA) is 63.2 Å². The van der Waals surface area contributed by atoms with E-state index in [1.54, 1.807) is 0 Å². The quantitative estimate of drug-likeness (QED) is 0.822. The molecule has 0 aliphatic rings. The van der Waals surface area contributed by atoms with Gasteiger partial charge in [0.05, 0.1) is 10.5 Å². The van der Waals surface area contributed by atoms with E-state index in [2.05, 4.69) is 0 Å². The summed E-state index contributed by atoms with van der Waals surface area (Å²) in [5, 5.41) is 2.04. The molecule has 1 rings (SSSR count). The van der Waals surface area contributed by atoms with Crippen LogP contribution < -0.4 is 5.32 Å². The largest absolute Gasteiger partial charge is 0.355 e. The maximum Gasteiger partial charge on any atom is 0.261 e. The zero-order valence-corrected chi connectivity index (χ0v) is 9.49. The molecule has 0 atom stereocenters. The first kappa shape index (κ1) is 12.9. The summed E-state index contributed by atoms with van der Waals surface area (Å²) < 4.78 is 47.9. The molecule has 0 aliphatic carbocycles. The predicted molar refractivity (Wildman–Crippen MR) is 52.8 cm³/mol. The first-order valence-electron chi connectivity index (χ1n) is 3.93. The van der Waals surface area contributed by atoms with E-state index in [0.717, 1.165) is 0 Å². The van der Waals surface area contributed by atoms with Gasteiger partial charge in [0.1, 0.15) is 0 Å². The zero-order valence-electron chi connectivity index (χ0n) is 7.92. The molecule has 1 amide bonds. The number of benzene rings is 1. The molecule has 4 nitrogen and oxygen atoms in total. The zero-order chi connectivity index (χ0) is 12.5. The molecular formula is C8H6ClF2NO3S. The third-order valence-corrected chi connectivity index (χ3v) is 3.09. The molecule has 0 saturated heterocycles. The molecule has 0 unspecified atom stereocenters. The highest BCUT2D eigenvalue weighted by atomic mass is 35.7. The molecule has 8 heteroatoms. The normalized spacial score (nSPS) is 11.2. The van der Waals surface area contributed by atoms with Crippen LogP contribution in [0.2, 0.25) is 0 Å². The molecule has 88 valence electrons. The molecule has 0 radical (unpaired) electrons. The van der Waals surface area contributed by atoms with Crippen LogP contribution in [-0.2, 0) is 9.05 Å². The first-order valence-corrected chi connectivity index (χ1v) is 6.24. The second-order valence-corrected chi connectivity index (χ2v) is 5.35. The van der Waals surface area contributed by atoms with Gasteiger partial charge in [-0.25, -0.2) is 17.2 Å². The van der Waals surface area contributed by atoms with Gasteiger partial charge in [0.2, 0.25) is 0 Å². The molecule has 1 aromatic rings. The van der Waals surface area contributed by atoms with Crippen LogP contribution in [0.15, 0.2) is 17.0 Å². The van der Waals surface area contributed by atoms with E-state index < -0.39 is 37.1 Å². The third-order valence-electron chi connectivity index (χ3n) is 1.75. The summed E-state index contributed by atoms with van der Waals surface area (Å²) >= 11 is 0. The first-order chi connectivity index (χ1) is 7.27. The summed E-state index contributed by atoms with van der Waals surface area (Å²) in [7, 11) is 1.93. The van der Waals surface area contributed by atoms with Crippen molar-refractivity contribution in [2.24, 2.45) is 0 Å². The van der Waals surface area contributed by atoms with Crippen molar-refractivity contribution >= 4 is 25.6 Å². The molecule has 0 spiro atoms. The minimum Gasteiger partial charge on any atom is -0.355 e. The Labute approximate surface area is 94.6 Å². The number of halogens is 3. The van der Waals surface area contributed by atoms with Gasteiger partial charge in [-0.05, 0) is 12.1 Å². The van der Waals surface area contributed by atoms with Gasteiger partial charge in [-0.2, -0.15) is 0 Å². The highest BCUT2D eigenvalue weighted by Gasteiger charge is 2.21. The van der Waals surface area contributed by atoms with Gasteiger partial charge in [0, 0.05) is 17.7 Å². The third kappa shape index (κ3) is 2.48. The molecule has 0 fully saturated rings. The number of carbonyl (C=O) groups excluding carboxylic acids is 1. The highest BCUT2D eigenvalue weighted by molar-refractivity contribution is 8.13. The van der Waals surface area contributed by atoms with Crippen molar-refractivity contribution in [1.29, 1.82) is 0 Å². The van der Waals surface area contributed by atoms with Crippen LogP contribution in [0.25, 0.3) is 0 Å². The van der Waals surface area contributed by atoms with Crippen molar-refractivity contribution in [3.63, 3.8) is 0 Å². The summed E-state index contributed by atoms with van der Waals surface area (Å²) in [6.07, 6.45) is 0. The summed E-state index contributed by atoms with van der Waals surface area (Å²) in [6, 6.07) is 1.07. The molecule has 1 N–H and O–H groups in total. The Hall–Kier alpha value is -1.21. The average molecular weight is 270 g/mol. The minimum absolute atomic E-state index is 0.407. The fourth-order valence-electron chi connectivity index (χ4n) is 1.00. The second-order valence-electron chi connectivity index (χ2n) is 2.78. The standard InChI is InChI=1S/C8H6ClF2NO3S/c1-12-8(13)5-2-4(16(9,14)15)3-6(10)7(5)11/h2-3H,1H3,(H,12,13). The molecule has 0 heterocycles. The van der Waals surface area contributed by atoms with Crippen LogP contribution >= 0.6 is 10.7 Å². The smallest absolute Gasteiger partial charge is 0.261 e. The lowest BCUT2D eigenvalue weighted by atomic mass is 10.2. The number of rotatable bonds is 2. The Morgan fingerprint density at radius 2 is 1.94 bits per heavy atom. The summed E-state index contributed by atoms with van der Waals surface area (Å²) in [5.41, 5.74) is -0.721. The van der Waals surface area contributed by atoms with Gasteiger partial charge in [0.15, 0.2) is 11.6 Å². The van der Waals surface area contributed by atoms with Crippen molar-refractivity contribution in [2.75, 3.05) is 7.05 Å². The van der Waals surface area contributed by atoms with Crippen LogP contribution in [0.3, 0.4) is 0 Å². The lowest BCUT2D eigenvalue weighted by molar-refractivity contribution is 0.0957. The molecule has 0 aromatic heterocycles. The average Bonchev–Trinajstić information content (AvgIpc) is 2.19. The van der Waals surface area contributed by atoms with Gasteiger partial charge in [-0.15, -0.1) is 0 Å². The van der Waals surface area contributed by atoms with E-state index in [9.17, 15) is 22.0 Å². The minimum atomic E-state index is -4.22. The van der Waals surface area contributed by atoms with Crippen LogP contribution in [0.5, 0.6) is 0 Å². The summed E-state index contributed by atoms with van der Waals surface area (Å²) in [6.45, 7) is 0. The molecule has 1 aromatic carbocycles. The highest BCUT2D eigenvalue weighted by Crippen LogP contribution is 2.21. The van der Waals surface area contributed by atoms with Gasteiger partial charge in [-0.3, -0.25) is 4.79 Å². The van der Waals surface area contributed by atoms with Crippen molar-refractivity contribution in [3.05, 3.63) is 29.3 Å². The van der Waals surface area contributed by atoms with E-state index in [0.29, 0.717) is 12.1 Å². The Kier molecular flexibility index (Phi) is 3.49. The summed E-state index contributed by atoms with van der Waals surface area (Å²) in [4.78, 5) is 10.4. The van der Waals surface area contributed by atoms with Gasteiger partial charge >= 0.3 is 0 Å². The molecule has 0 aliphatic heterocycles. The van der Waals surface area contributed by atoms with Crippen LogP contribution in [-0.4, -0.2) is 21.4 Å². The lowest BCUT2D eigenvalue weighted by Gasteiger charge is -2.04. The van der Waals surface area contributed by atoms with E-state index in [1.807, 2.05) is 5.32 Å². The molecule has 0 saturated carbocycles. The van der Waals surface area contributed by atoms with Crippen molar-refractivity contribution < 1.29 is 22.0 Å². The van der Waals surface area contributed by atoms with E-state index in [1.165, 1.54) is 7.05 Å². The monoisotopic (exact) mass is 269 g/mol. The number of carbonyl (C=O) groups is 1. The van der Waals surface area contributed by atoms with Crippen LogP contribution in [0, 0.1) is 11.6 Å². The van der Waals surface area contributed by atoms with Gasteiger partial charge in [-0.1, -0.05) is 0 Å². The number of amides is 1. The lowest BCUT2D eigenvalue weighted by Crippen LogP contribution is -2.20. The van der Waals surface area contributed by atoms with E-state index in [4.69, 9.17) is 10.7 Å². The Morgan fingerprint density at radius 1 is 1.38 bits per heavy atom. The SMILES string of the molecule is CNC(=O)c1cc(S(=O)(=O)Cl)cc(F)c1F.